The summed E-state index contributed by atoms with van der Waals surface area (Å²) in [7, 11) is 0. The van der Waals surface area contributed by atoms with Crippen LogP contribution in [0.5, 0.6) is 0 Å². The molecule has 0 aliphatic rings. The highest BCUT2D eigenvalue weighted by Gasteiger charge is 2.08. The molecule has 0 spiro atoms. The molecule has 0 amide bonds. The van der Waals surface area contributed by atoms with Crippen molar-refractivity contribution in [3.8, 4) is 0 Å². The average molecular weight is 334 g/mol. The quantitative estimate of drug-likeness (QED) is 0.598. The summed E-state index contributed by atoms with van der Waals surface area (Å²) in [5.74, 6) is 0.163. The number of rotatable bonds is 5. The molecule has 0 saturated carbocycles. The first-order valence-corrected chi connectivity index (χ1v) is 7.90. The lowest BCUT2D eigenvalue weighted by Gasteiger charge is -2.06. The van der Waals surface area contributed by atoms with E-state index in [2.05, 4.69) is 20.5 Å². The fraction of sp³-hybridized carbons (Fsp3) is 0.105. The largest absolute Gasteiger partial charge is 0.408 e. The van der Waals surface area contributed by atoms with Crippen LogP contribution in [0.2, 0.25) is 0 Å². The molecule has 4 rings (SSSR count). The minimum atomic E-state index is -0.277. The van der Waals surface area contributed by atoms with E-state index in [-0.39, 0.29) is 5.82 Å². The molecule has 0 aliphatic carbocycles. The summed E-state index contributed by atoms with van der Waals surface area (Å²) in [6.45, 7) is 0.558. The summed E-state index contributed by atoms with van der Waals surface area (Å²) in [5.41, 5.74) is 1.90. The number of anilines is 1. The van der Waals surface area contributed by atoms with Crippen LogP contribution < -0.4 is 5.32 Å². The monoisotopic (exact) mass is 334 g/mol. The molecule has 6 heteroatoms. The smallest absolute Gasteiger partial charge is 0.315 e. The third-order valence-electron chi connectivity index (χ3n) is 3.91. The van der Waals surface area contributed by atoms with Crippen molar-refractivity contribution in [2.75, 3.05) is 5.32 Å². The number of aromatic nitrogens is 3. The van der Waals surface area contributed by atoms with Crippen LogP contribution in [0.1, 0.15) is 17.0 Å². The fourth-order valence-corrected chi connectivity index (χ4v) is 2.73. The molecule has 0 atom stereocenters. The van der Waals surface area contributed by atoms with Gasteiger partial charge in [-0.1, -0.05) is 35.4 Å². The molecule has 25 heavy (non-hydrogen) atoms. The molecule has 4 aromatic rings. The van der Waals surface area contributed by atoms with Crippen molar-refractivity contribution in [1.29, 1.82) is 0 Å². The zero-order chi connectivity index (χ0) is 17.1. The Morgan fingerprint density at radius 1 is 1.04 bits per heavy atom. The molecular formula is C19H15FN4O. The van der Waals surface area contributed by atoms with Crippen molar-refractivity contribution in [1.82, 2.24) is 15.2 Å². The number of hydrogen-bond donors (Lipinski definition) is 1. The molecule has 0 saturated heterocycles. The SMILES string of the molecule is Fc1cccc(Cc2nnc(NCc3cccc4cnccc34)o2)c1. The van der Waals surface area contributed by atoms with Crippen LogP contribution in [0, 0.1) is 5.82 Å². The first kappa shape index (κ1) is 15.3. The molecule has 2 aromatic carbocycles. The molecular weight excluding hydrogens is 319 g/mol. The van der Waals surface area contributed by atoms with Gasteiger partial charge in [0, 0.05) is 24.3 Å². The van der Waals surface area contributed by atoms with Crippen LogP contribution in [0.15, 0.2) is 65.3 Å². The van der Waals surface area contributed by atoms with E-state index in [0.717, 1.165) is 21.9 Å². The van der Waals surface area contributed by atoms with Crippen LogP contribution in [-0.4, -0.2) is 15.2 Å². The van der Waals surface area contributed by atoms with Crippen LogP contribution in [0.4, 0.5) is 10.4 Å². The number of nitrogens with zero attached hydrogens (tertiary/aromatic N) is 3. The van der Waals surface area contributed by atoms with Gasteiger partial charge < -0.3 is 9.73 Å². The van der Waals surface area contributed by atoms with Gasteiger partial charge >= 0.3 is 6.01 Å². The van der Waals surface area contributed by atoms with Gasteiger partial charge in [0.1, 0.15) is 5.82 Å². The fourth-order valence-electron chi connectivity index (χ4n) is 2.73. The van der Waals surface area contributed by atoms with Gasteiger partial charge in [-0.3, -0.25) is 4.98 Å². The number of benzene rings is 2. The van der Waals surface area contributed by atoms with Crippen molar-refractivity contribution in [2.45, 2.75) is 13.0 Å². The van der Waals surface area contributed by atoms with Gasteiger partial charge in [0.25, 0.3) is 0 Å². The highest BCUT2D eigenvalue weighted by molar-refractivity contribution is 5.84. The molecule has 0 bridgehead atoms. The minimum absolute atomic E-state index is 0.277. The van der Waals surface area contributed by atoms with Gasteiger partial charge in [-0.2, -0.15) is 0 Å². The summed E-state index contributed by atoms with van der Waals surface area (Å²) in [5, 5.41) is 13.3. The van der Waals surface area contributed by atoms with E-state index in [1.165, 1.54) is 12.1 Å². The normalized spacial score (nSPS) is 10.9. The number of fused-ring (bicyclic) bond motifs is 1. The summed E-state index contributed by atoms with van der Waals surface area (Å²) in [6, 6.07) is 14.7. The van der Waals surface area contributed by atoms with E-state index in [1.807, 2.05) is 36.5 Å². The second kappa shape index (κ2) is 6.68. The lowest BCUT2D eigenvalue weighted by Crippen LogP contribution is -2.00. The predicted molar refractivity (Wildman–Crippen MR) is 92.6 cm³/mol. The van der Waals surface area contributed by atoms with Gasteiger partial charge in [0.05, 0.1) is 6.42 Å². The van der Waals surface area contributed by atoms with Crippen molar-refractivity contribution in [2.24, 2.45) is 0 Å². The van der Waals surface area contributed by atoms with E-state index in [1.54, 1.807) is 12.3 Å². The maximum Gasteiger partial charge on any atom is 0.315 e. The maximum atomic E-state index is 13.2. The van der Waals surface area contributed by atoms with Crippen LogP contribution in [0.25, 0.3) is 10.8 Å². The lowest BCUT2D eigenvalue weighted by molar-refractivity contribution is 0.516. The standard InChI is InChI=1S/C19H15FN4O/c20-16-6-1-3-13(9-16)10-18-23-24-19(25-18)22-12-15-5-2-4-14-11-21-8-7-17(14)15/h1-9,11H,10,12H2,(H,22,24). The molecule has 0 unspecified atom stereocenters. The summed E-state index contributed by atoms with van der Waals surface area (Å²) in [6.07, 6.45) is 4.00. The summed E-state index contributed by atoms with van der Waals surface area (Å²) in [4.78, 5) is 4.13. The second-order valence-electron chi connectivity index (χ2n) is 5.68. The lowest BCUT2D eigenvalue weighted by atomic mass is 10.1. The Labute approximate surface area is 143 Å². The number of nitrogens with one attached hydrogen (secondary N) is 1. The Morgan fingerprint density at radius 3 is 2.88 bits per heavy atom. The van der Waals surface area contributed by atoms with E-state index in [0.29, 0.717) is 24.9 Å². The first-order chi connectivity index (χ1) is 12.3. The molecule has 0 fully saturated rings. The Morgan fingerprint density at radius 2 is 1.96 bits per heavy atom. The Bertz CT molecular complexity index is 1010. The average Bonchev–Trinajstić information content (AvgIpc) is 3.07. The number of pyridine rings is 1. The summed E-state index contributed by atoms with van der Waals surface area (Å²) >= 11 is 0. The van der Waals surface area contributed by atoms with Gasteiger partial charge in [-0.15, -0.1) is 5.10 Å². The Balaban J connectivity index is 1.46. The van der Waals surface area contributed by atoms with Crippen molar-refractivity contribution >= 4 is 16.8 Å². The van der Waals surface area contributed by atoms with Gasteiger partial charge in [0.2, 0.25) is 5.89 Å². The molecule has 2 heterocycles. The van der Waals surface area contributed by atoms with E-state index < -0.39 is 0 Å². The molecule has 0 aliphatic heterocycles. The number of hydrogen-bond acceptors (Lipinski definition) is 5. The predicted octanol–water partition coefficient (Wildman–Crippen LogP) is 3.96. The van der Waals surface area contributed by atoms with Crippen molar-refractivity contribution in [3.63, 3.8) is 0 Å². The maximum absolute atomic E-state index is 13.2. The van der Waals surface area contributed by atoms with Gasteiger partial charge in [-0.25, -0.2) is 4.39 Å². The van der Waals surface area contributed by atoms with Crippen LogP contribution in [0.3, 0.4) is 0 Å². The zero-order valence-electron chi connectivity index (χ0n) is 13.3. The van der Waals surface area contributed by atoms with Gasteiger partial charge in [-0.05, 0) is 34.7 Å². The first-order valence-electron chi connectivity index (χ1n) is 7.90. The topological polar surface area (TPSA) is 63.8 Å². The van der Waals surface area contributed by atoms with Crippen molar-refractivity contribution < 1.29 is 8.81 Å². The van der Waals surface area contributed by atoms with Crippen molar-refractivity contribution in [3.05, 3.63) is 83.8 Å². The molecule has 2 aromatic heterocycles. The molecule has 5 nitrogen and oxygen atoms in total. The Hall–Kier alpha value is -3.28. The van der Waals surface area contributed by atoms with E-state index in [9.17, 15) is 4.39 Å². The van der Waals surface area contributed by atoms with Crippen LogP contribution >= 0.6 is 0 Å². The highest BCUT2D eigenvalue weighted by atomic mass is 19.1. The van der Waals surface area contributed by atoms with E-state index in [4.69, 9.17) is 4.42 Å². The van der Waals surface area contributed by atoms with Crippen LogP contribution in [-0.2, 0) is 13.0 Å². The van der Waals surface area contributed by atoms with E-state index >= 15 is 0 Å². The molecule has 1 N–H and O–H groups in total. The second-order valence-corrected chi connectivity index (χ2v) is 5.68. The molecule has 0 radical (unpaired) electrons. The Kier molecular flexibility index (Phi) is 4.08. The third-order valence-corrected chi connectivity index (χ3v) is 3.91. The zero-order valence-corrected chi connectivity index (χ0v) is 13.3. The highest BCUT2D eigenvalue weighted by Crippen LogP contribution is 2.19. The van der Waals surface area contributed by atoms with Gasteiger partial charge in [0.15, 0.2) is 0 Å². The summed E-state index contributed by atoms with van der Waals surface area (Å²) < 4.78 is 18.8. The molecule has 124 valence electrons. The number of halogens is 1. The minimum Gasteiger partial charge on any atom is -0.408 e. The third kappa shape index (κ3) is 3.47.